The first-order valence-corrected chi connectivity index (χ1v) is 10.4. The topological polar surface area (TPSA) is 35.6 Å². The summed E-state index contributed by atoms with van der Waals surface area (Å²) >= 11 is 1.65. The minimum atomic E-state index is 0.0722. The molecule has 1 saturated heterocycles. The van der Waals surface area contributed by atoms with Crippen LogP contribution in [-0.4, -0.2) is 54.7 Å². The van der Waals surface area contributed by atoms with Gasteiger partial charge in [-0.15, -0.1) is 11.8 Å². The number of hydrogen-bond acceptors (Lipinski definition) is 4. The summed E-state index contributed by atoms with van der Waals surface area (Å²) < 4.78 is 0. The third kappa shape index (κ3) is 5.59. The molecule has 138 valence electrons. The van der Waals surface area contributed by atoms with Crippen molar-refractivity contribution in [2.45, 2.75) is 17.9 Å². The molecule has 1 aliphatic rings. The molecule has 26 heavy (non-hydrogen) atoms. The quantitative estimate of drug-likeness (QED) is 0.790. The van der Waals surface area contributed by atoms with Crippen LogP contribution < -0.4 is 5.32 Å². The highest BCUT2D eigenvalue weighted by Gasteiger charge is 2.17. The van der Waals surface area contributed by atoms with Gasteiger partial charge in [0.15, 0.2) is 0 Å². The minimum absolute atomic E-state index is 0.0722. The Bertz CT molecular complexity index is 707. The maximum absolute atomic E-state index is 12.5. The number of nitrogens with zero attached hydrogens (tertiary/aromatic N) is 2. The van der Waals surface area contributed by atoms with Crippen LogP contribution in [-0.2, 0) is 11.3 Å². The fourth-order valence-corrected chi connectivity index (χ4v) is 3.88. The van der Waals surface area contributed by atoms with E-state index in [-0.39, 0.29) is 5.91 Å². The number of para-hydroxylation sites is 1. The van der Waals surface area contributed by atoms with Crippen molar-refractivity contribution in [2.75, 3.05) is 44.3 Å². The Balaban J connectivity index is 1.49. The minimum Gasteiger partial charge on any atom is -0.324 e. The van der Waals surface area contributed by atoms with Crippen LogP contribution in [0.2, 0.25) is 0 Å². The molecule has 0 saturated carbocycles. The number of hydrogen-bond donors (Lipinski definition) is 1. The fourth-order valence-electron chi connectivity index (χ4n) is 3.32. The van der Waals surface area contributed by atoms with Crippen LogP contribution in [0.4, 0.5) is 5.69 Å². The molecule has 2 aromatic carbocycles. The van der Waals surface area contributed by atoms with Crippen LogP contribution in [0.25, 0.3) is 0 Å². The number of carbonyl (C=O) groups is 1. The zero-order valence-corrected chi connectivity index (χ0v) is 16.2. The van der Waals surface area contributed by atoms with Gasteiger partial charge in [0.25, 0.3) is 0 Å². The Morgan fingerprint density at radius 2 is 1.65 bits per heavy atom. The normalized spacial score (nSPS) is 16.2. The van der Waals surface area contributed by atoms with Gasteiger partial charge in [-0.3, -0.25) is 14.6 Å². The molecule has 5 heteroatoms. The van der Waals surface area contributed by atoms with Crippen LogP contribution in [0.3, 0.4) is 0 Å². The Morgan fingerprint density at radius 1 is 0.962 bits per heavy atom. The van der Waals surface area contributed by atoms with E-state index >= 15 is 0 Å². The highest BCUT2D eigenvalue weighted by Crippen LogP contribution is 2.24. The summed E-state index contributed by atoms with van der Waals surface area (Å²) in [6.45, 7) is 5.45. The number of nitrogens with one attached hydrogen (secondary N) is 1. The smallest absolute Gasteiger partial charge is 0.238 e. The predicted molar refractivity (Wildman–Crippen MR) is 110 cm³/mol. The van der Waals surface area contributed by atoms with Gasteiger partial charge in [-0.2, -0.15) is 0 Å². The van der Waals surface area contributed by atoms with E-state index in [0.717, 1.165) is 49.7 Å². The summed E-state index contributed by atoms with van der Waals surface area (Å²) in [6.07, 6.45) is 3.13. The first-order valence-electron chi connectivity index (χ1n) is 9.16. The average Bonchev–Trinajstić information content (AvgIpc) is 2.88. The molecule has 1 heterocycles. The van der Waals surface area contributed by atoms with Gasteiger partial charge in [0, 0.05) is 24.5 Å². The van der Waals surface area contributed by atoms with Gasteiger partial charge in [-0.25, -0.2) is 0 Å². The first kappa shape index (κ1) is 19.0. The van der Waals surface area contributed by atoms with Crippen molar-refractivity contribution >= 4 is 23.4 Å². The highest BCUT2D eigenvalue weighted by atomic mass is 32.2. The molecule has 0 atom stereocenters. The molecule has 1 N–H and O–H groups in total. The number of benzene rings is 2. The van der Waals surface area contributed by atoms with E-state index in [1.54, 1.807) is 11.8 Å². The molecule has 2 aromatic rings. The molecule has 4 nitrogen and oxygen atoms in total. The summed E-state index contributed by atoms with van der Waals surface area (Å²) in [4.78, 5) is 18.3. The molecular formula is C21H27N3OS. The maximum atomic E-state index is 12.5. The lowest BCUT2D eigenvalue weighted by atomic mass is 10.2. The van der Waals surface area contributed by atoms with Crippen LogP contribution in [0, 0.1) is 0 Å². The van der Waals surface area contributed by atoms with Crippen LogP contribution in [0.5, 0.6) is 0 Å². The number of rotatable bonds is 6. The van der Waals surface area contributed by atoms with E-state index in [9.17, 15) is 4.79 Å². The Morgan fingerprint density at radius 3 is 2.46 bits per heavy atom. The maximum Gasteiger partial charge on any atom is 0.238 e. The lowest BCUT2D eigenvalue weighted by Crippen LogP contribution is -2.36. The number of anilines is 1. The standard InChI is InChI=1S/C21H27N3OS/c1-26-20-11-6-5-10-19(20)22-21(25)17-24-13-7-12-23(14-15-24)16-18-8-3-2-4-9-18/h2-6,8-11H,7,12-17H2,1H3,(H,22,25). The summed E-state index contributed by atoms with van der Waals surface area (Å²) in [6, 6.07) is 18.6. The van der Waals surface area contributed by atoms with Gasteiger partial charge in [0.1, 0.15) is 0 Å². The van der Waals surface area contributed by atoms with Crippen molar-refractivity contribution < 1.29 is 4.79 Å². The third-order valence-corrected chi connectivity index (χ3v) is 5.47. The fraction of sp³-hybridized carbons (Fsp3) is 0.381. The second-order valence-electron chi connectivity index (χ2n) is 6.64. The summed E-state index contributed by atoms with van der Waals surface area (Å²) in [5.74, 6) is 0.0722. The molecule has 1 amide bonds. The zero-order chi connectivity index (χ0) is 18.2. The molecule has 0 spiro atoms. The van der Waals surface area contributed by atoms with Crippen molar-refractivity contribution in [1.29, 1.82) is 0 Å². The monoisotopic (exact) mass is 369 g/mol. The molecule has 1 fully saturated rings. The number of thioether (sulfide) groups is 1. The second-order valence-corrected chi connectivity index (χ2v) is 7.49. The summed E-state index contributed by atoms with van der Waals surface area (Å²) in [5, 5.41) is 3.07. The van der Waals surface area contributed by atoms with Gasteiger partial charge in [0.05, 0.1) is 12.2 Å². The van der Waals surface area contributed by atoms with Crippen molar-refractivity contribution in [3.63, 3.8) is 0 Å². The van der Waals surface area contributed by atoms with E-state index < -0.39 is 0 Å². The largest absolute Gasteiger partial charge is 0.324 e. The van der Waals surface area contributed by atoms with Gasteiger partial charge >= 0.3 is 0 Å². The van der Waals surface area contributed by atoms with Gasteiger partial charge < -0.3 is 5.32 Å². The van der Waals surface area contributed by atoms with Crippen LogP contribution in [0.15, 0.2) is 59.5 Å². The average molecular weight is 370 g/mol. The van der Waals surface area contributed by atoms with Crippen molar-refractivity contribution in [3.05, 3.63) is 60.2 Å². The molecule has 1 aliphatic heterocycles. The molecule has 0 unspecified atom stereocenters. The van der Waals surface area contributed by atoms with E-state index in [1.165, 1.54) is 5.56 Å². The summed E-state index contributed by atoms with van der Waals surface area (Å²) in [7, 11) is 0. The SMILES string of the molecule is CSc1ccccc1NC(=O)CN1CCCN(Cc2ccccc2)CC1. The molecule has 0 aromatic heterocycles. The Labute approximate surface area is 160 Å². The van der Waals surface area contributed by atoms with Crippen LogP contribution in [0.1, 0.15) is 12.0 Å². The first-order chi connectivity index (χ1) is 12.7. The van der Waals surface area contributed by atoms with Crippen molar-refractivity contribution in [1.82, 2.24) is 9.80 Å². The molecule has 0 aliphatic carbocycles. The number of carbonyl (C=O) groups excluding carboxylic acids is 1. The van der Waals surface area contributed by atoms with Gasteiger partial charge in [-0.05, 0) is 43.5 Å². The lowest BCUT2D eigenvalue weighted by molar-refractivity contribution is -0.117. The molecule has 0 radical (unpaired) electrons. The summed E-state index contributed by atoms with van der Waals surface area (Å²) in [5.41, 5.74) is 2.26. The second kappa shape index (κ2) is 9.76. The van der Waals surface area contributed by atoms with E-state index in [4.69, 9.17) is 0 Å². The Hall–Kier alpha value is -1.82. The van der Waals surface area contributed by atoms with Crippen molar-refractivity contribution in [3.8, 4) is 0 Å². The molecule has 3 rings (SSSR count). The third-order valence-electron chi connectivity index (χ3n) is 4.68. The van der Waals surface area contributed by atoms with E-state index in [0.29, 0.717) is 6.54 Å². The molecule has 0 bridgehead atoms. The lowest BCUT2D eigenvalue weighted by Gasteiger charge is -2.21. The van der Waals surface area contributed by atoms with Crippen molar-refractivity contribution in [2.24, 2.45) is 0 Å². The molecular weight excluding hydrogens is 342 g/mol. The van der Waals surface area contributed by atoms with E-state index in [2.05, 4.69) is 45.4 Å². The van der Waals surface area contributed by atoms with Crippen LogP contribution >= 0.6 is 11.8 Å². The van der Waals surface area contributed by atoms with Gasteiger partial charge in [-0.1, -0.05) is 42.5 Å². The zero-order valence-electron chi connectivity index (χ0n) is 15.4. The predicted octanol–water partition coefficient (Wildman–Crippen LogP) is 3.55. The number of amides is 1. The Kier molecular flexibility index (Phi) is 7.12. The highest BCUT2D eigenvalue weighted by molar-refractivity contribution is 7.98. The van der Waals surface area contributed by atoms with Gasteiger partial charge in [0.2, 0.25) is 5.91 Å². The van der Waals surface area contributed by atoms with E-state index in [1.807, 2.05) is 30.5 Å².